The number of hydrogen-bond donors (Lipinski definition) is 0. The van der Waals surface area contributed by atoms with Gasteiger partial charge in [-0.25, -0.2) is 0 Å². The molecule has 0 amide bonds. The van der Waals surface area contributed by atoms with E-state index >= 15 is 0 Å². The Balaban J connectivity index is 2.77. The Morgan fingerprint density at radius 3 is 3.20 bits per heavy atom. The Kier molecular flexibility index (Phi) is 0.409. The van der Waals surface area contributed by atoms with Crippen LogP contribution >= 0.6 is 0 Å². The first-order valence-corrected chi connectivity index (χ1v) is 1.43. The maximum Gasteiger partial charge on any atom is 0.423 e. The van der Waals surface area contributed by atoms with Crippen LogP contribution in [0.2, 0.25) is 0 Å². The van der Waals surface area contributed by atoms with Gasteiger partial charge in [0.2, 0.25) is 6.54 Å². The smallest absolute Gasteiger partial charge is 0.189 e. The summed E-state index contributed by atoms with van der Waals surface area (Å²) in [5, 5.41) is 0. The fourth-order valence-electron chi connectivity index (χ4n) is 0.204. The van der Waals surface area contributed by atoms with Gasteiger partial charge in [-0.1, -0.05) is 0 Å². The number of rotatable bonds is 0. The second-order valence-electron chi connectivity index (χ2n) is 0.752. The van der Waals surface area contributed by atoms with Crippen molar-refractivity contribution in [2.24, 2.45) is 4.99 Å². The largest absolute Gasteiger partial charge is 0.423 e. The first-order valence-electron chi connectivity index (χ1n) is 1.43. The lowest BCUT2D eigenvalue weighted by Crippen LogP contribution is -1.64. The van der Waals surface area contributed by atoms with Crippen molar-refractivity contribution >= 4 is 6.21 Å². The van der Waals surface area contributed by atoms with Gasteiger partial charge in [-0.2, -0.15) is 4.85 Å². The lowest BCUT2D eigenvalue weighted by atomic mass is 10.8. The monoisotopic (exact) mass is 67.0 g/mol. The van der Waals surface area contributed by atoms with Crippen LogP contribution in [0, 0.1) is 6.19 Å². The summed E-state index contributed by atoms with van der Waals surface area (Å²) in [5.41, 5.74) is 0. The van der Waals surface area contributed by atoms with Gasteiger partial charge >= 0.3 is 6.19 Å². The van der Waals surface area contributed by atoms with E-state index in [2.05, 4.69) is 16.0 Å². The van der Waals surface area contributed by atoms with Crippen molar-refractivity contribution in [3.8, 4) is 6.19 Å². The number of hydrogen-bond acceptors (Lipinski definition) is 1. The lowest BCUT2D eigenvalue weighted by Gasteiger charge is -1.40. The predicted octanol–water partition coefficient (Wildman–Crippen LogP) is 0.361. The van der Waals surface area contributed by atoms with E-state index in [0.29, 0.717) is 0 Å². The summed E-state index contributed by atoms with van der Waals surface area (Å²) in [7, 11) is 0. The standard InChI is InChI=1S/C3H3N2/c1-2-5-3-4-1/h1H,2H2/q+1. The third-order valence-corrected chi connectivity index (χ3v) is 0.393. The zero-order chi connectivity index (χ0) is 3.54. The Morgan fingerprint density at radius 1 is 2.00 bits per heavy atom. The SMILES string of the molecule is C1#[N+]CC=N1. The minimum Gasteiger partial charge on any atom is -0.189 e. The van der Waals surface area contributed by atoms with E-state index in [4.69, 9.17) is 0 Å². The van der Waals surface area contributed by atoms with E-state index in [1.165, 1.54) is 0 Å². The molecule has 1 aliphatic heterocycles. The van der Waals surface area contributed by atoms with E-state index in [1.807, 2.05) is 0 Å². The Labute approximate surface area is 30.0 Å². The highest BCUT2D eigenvalue weighted by Gasteiger charge is 1.88. The number of nitrogens with zero attached hydrogens (tertiary/aromatic N) is 2. The first-order chi connectivity index (χ1) is 2.50. The van der Waals surface area contributed by atoms with Gasteiger partial charge in [-0.3, -0.25) is 0 Å². The summed E-state index contributed by atoms with van der Waals surface area (Å²) in [4.78, 5) is 7.15. The van der Waals surface area contributed by atoms with Gasteiger partial charge in [0.25, 0.3) is 0 Å². The highest BCUT2D eigenvalue weighted by atomic mass is 14.8. The van der Waals surface area contributed by atoms with E-state index in [0.717, 1.165) is 6.54 Å². The minimum atomic E-state index is 0.722. The van der Waals surface area contributed by atoms with Gasteiger partial charge in [-0.15, -0.1) is 0 Å². The molecular formula is C3H3N2+. The van der Waals surface area contributed by atoms with Gasteiger partial charge < -0.3 is 0 Å². The van der Waals surface area contributed by atoms with Crippen LogP contribution in [0.5, 0.6) is 0 Å². The predicted molar refractivity (Wildman–Crippen MR) is 20.6 cm³/mol. The second kappa shape index (κ2) is 0.852. The maximum atomic E-state index is 3.61. The van der Waals surface area contributed by atoms with Crippen molar-refractivity contribution in [1.29, 1.82) is 0 Å². The van der Waals surface area contributed by atoms with Crippen molar-refractivity contribution in [2.75, 3.05) is 6.54 Å². The zero-order valence-electron chi connectivity index (χ0n) is 2.68. The summed E-state index contributed by atoms with van der Waals surface area (Å²) >= 11 is 0. The molecule has 0 saturated heterocycles. The summed E-state index contributed by atoms with van der Waals surface area (Å²) in [6.07, 6.45) is 4.12. The van der Waals surface area contributed by atoms with Crippen LogP contribution in [0.3, 0.4) is 0 Å². The van der Waals surface area contributed by atoms with E-state index < -0.39 is 0 Å². The molecule has 0 unspecified atom stereocenters. The van der Waals surface area contributed by atoms with Gasteiger partial charge in [0.15, 0.2) is 6.21 Å². The number of aliphatic imine (C=N–C) groups is 1. The fraction of sp³-hybridized carbons (Fsp3) is 0.333. The average molecular weight is 67.1 g/mol. The summed E-state index contributed by atoms with van der Waals surface area (Å²) < 4.78 is 0. The van der Waals surface area contributed by atoms with Crippen LogP contribution in [-0.4, -0.2) is 12.8 Å². The normalized spacial score (nSPS) is 14.4. The Bertz CT molecular complexity index is 104. The van der Waals surface area contributed by atoms with Crippen LogP contribution in [0.4, 0.5) is 0 Å². The molecule has 2 nitrogen and oxygen atoms in total. The molecule has 5 heavy (non-hydrogen) atoms. The molecule has 0 spiro atoms. The van der Waals surface area contributed by atoms with Crippen LogP contribution in [0.1, 0.15) is 0 Å². The van der Waals surface area contributed by atoms with Crippen molar-refractivity contribution < 1.29 is 0 Å². The van der Waals surface area contributed by atoms with E-state index in [9.17, 15) is 0 Å². The topological polar surface area (TPSA) is 16.7 Å². The molecule has 0 aliphatic carbocycles. The van der Waals surface area contributed by atoms with E-state index in [1.54, 1.807) is 6.21 Å². The molecule has 0 bridgehead atoms. The molecule has 1 rings (SSSR count). The fourth-order valence-corrected chi connectivity index (χ4v) is 0.204. The summed E-state index contributed by atoms with van der Waals surface area (Å²) in [6, 6.07) is 0. The van der Waals surface area contributed by atoms with Crippen molar-refractivity contribution in [3.05, 3.63) is 4.85 Å². The molecule has 0 fully saturated rings. The van der Waals surface area contributed by atoms with Crippen LogP contribution < -0.4 is 0 Å². The molecule has 0 aromatic heterocycles. The Hall–Kier alpha value is -0.840. The molecule has 1 heterocycles. The molecule has 2 heteroatoms. The molecule has 1 aliphatic rings. The van der Waals surface area contributed by atoms with Gasteiger partial charge in [0.05, 0.1) is 0 Å². The minimum absolute atomic E-state index is 0.722. The molecule has 0 N–H and O–H groups in total. The molecule has 0 atom stereocenters. The quantitative estimate of drug-likeness (QED) is 0.364. The average Bonchev–Trinajstić information content (AvgIpc) is 1.76. The highest BCUT2D eigenvalue weighted by molar-refractivity contribution is 5.65. The van der Waals surface area contributed by atoms with Gasteiger partial charge in [0.1, 0.15) is 0 Å². The first kappa shape index (κ1) is 2.40. The third kappa shape index (κ3) is 0.246. The van der Waals surface area contributed by atoms with E-state index in [-0.39, 0.29) is 0 Å². The molecule has 0 aromatic carbocycles. The van der Waals surface area contributed by atoms with Gasteiger partial charge in [0, 0.05) is 4.99 Å². The maximum absolute atomic E-state index is 3.61. The second-order valence-corrected chi connectivity index (χ2v) is 0.752. The molecular weight excluding hydrogens is 64.0 g/mol. The van der Waals surface area contributed by atoms with Crippen LogP contribution in [0.15, 0.2) is 4.99 Å². The zero-order valence-corrected chi connectivity index (χ0v) is 2.68. The molecule has 0 radical (unpaired) electrons. The van der Waals surface area contributed by atoms with Crippen molar-refractivity contribution in [1.82, 2.24) is 0 Å². The van der Waals surface area contributed by atoms with Crippen molar-refractivity contribution in [3.63, 3.8) is 0 Å². The van der Waals surface area contributed by atoms with Gasteiger partial charge in [-0.05, 0) is 0 Å². The Morgan fingerprint density at radius 2 is 3.00 bits per heavy atom. The van der Waals surface area contributed by atoms with Crippen LogP contribution in [0.25, 0.3) is 4.85 Å². The third-order valence-electron chi connectivity index (χ3n) is 0.393. The summed E-state index contributed by atoms with van der Waals surface area (Å²) in [5.74, 6) is 0. The highest BCUT2D eigenvalue weighted by Crippen LogP contribution is 1.73. The van der Waals surface area contributed by atoms with Crippen LogP contribution in [-0.2, 0) is 0 Å². The van der Waals surface area contributed by atoms with Crippen molar-refractivity contribution in [2.45, 2.75) is 0 Å². The molecule has 0 saturated carbocycles. The molecule has 24 valence electrons. The molecule has 0 aromatic rings. The lowest BCUT2D eigenvalue weighted by molar-refractivity contribution is 1.73. The summed E-state index contributed by atoms with van der Waals surface area (Å²) in [6.45, 7) is 0.722.